The van der Waals surface area contributed by atoms with Crippen molar-refractivity contribution in [3.05, 3.63) is 48.3 Å². The van der Waals surface area contributed by atoms with Gasteiger partial charge in [0.15, 0.2) is 12.4 Å². The van der Waals surface area contributed by atoms with Gasteiger partial charge in [0.05, 0.1) is 12.3 Å². The van der Waals surface area contributed by atoms with E-state index < -0.39 is 0 Å². The molecular weight excluding hydrogens is 324 g/mol. The maximum absolute atomic E-state index is 5.90. The van der Waals surface area contributed by atoms with Crippen molar-refractivity contribution in [1.82, 2.24) is 0 Å². The van der Waals surface area contributed by atoms with Crippen LogP contribution in [-0.2, 0) is 7.05 Å². The summed E-state index contributed by atoms with van der Waals surface area (Å²) in [5, 5.41) is 6.64. The molecule has 0 bridgehead atoms. The lowest BCUT2D eigenvalue weighted by Crippen LogP contribution is -2.26. The molecule has 0 amide bonds. The van der Waals surface area contributed by atoms with Crippen LogP contribution in [0, 0.1) is 0 Å². The molecule has 0 aliphatic carbocycles. The van der Waals surface area contributed by atoms with Crippen LogP contribution in [0.3, 0.4) is 0 Å². The molecule has 1 aromatic carbocycles. The number of nitrogens with zero attached hydrogens (tertiary/aromatic N) is 4. The number of hydrogen-bond acceptors (Lipinski definition) is 4. The Hall–Kier alpha value is -2.56. The molecule has 0 aliphatic heterocycles. The van der Waals surface area contributed by atoms with E-state index in [0.717, 1.165) is 35.8 Å². The van der Waals surface area contributed by atoms with Crippen LogP contribution in [0.15, 0.2) is 47.8 Å². The molecular formula is C21H31N4O+. The predicted molar refractivity (Wildman–Crippen MR) is 109 cm³/mol. The molecule has 2 aromatic rings. The van der Waals surface area contributed by atoms with E-state index >= 15 is 0 Å². The Bertz CT molecular complexity index is 736. The van der Waals surface area contributed by atoms with Gasteiger partial charge in [-0.15, -0.1) is 0 Å². The lowest BCUT2D eigenvalue weighted by molar-refractivity contribution is -0.671. The third kappa shape index (κ3) is 4.75. The number of anilines is 2. The number of aryl methyl sites for hydroxylation is 1. The van der Waals surface area contributed by atoms with Gasteiger partial charge in [0.1, 0.15) is 18.5 Å². The number of benzene rings is 1. The maximum atomic E-state index is 5.90. The summed E-state index contributed by atoms with van der Waals surface area (Å²) in [5.41, 5.74) is 4.20. The predicted octanol–water partition coefficient (Wildman–Crippen LogP) is 3.62. The fourth-order valence-electron chi connectivity index (χ4n) is 2.91. The number of pyridine rings is 1. The molecule has 140 valence electrons. The van der Waals surface area contributed by atoms with Gasteiger partial charge in [0, 0.05) is 49.6 Å². The maximum Gasteiger partial charge on any atom is 0.169 e. The Balaban J connectivity index is 2.33. The van der Waals surface area contributed by atoms with Crippen LogP contribution < -0.4 is 19.2 Å². The summed E-state index contributed by atoms with van der Waals surface area (Å²) in [6, 6.07) is 10.5. The summed E-state index contributed by atoms with van der Waals surface area (Å²) in [7, 11) is 3.97. The number of aromatic nitrogens is 1. The molecule has 0 spiro atoms. The molecule has 0 radical (unpaired) electrons. The van der Waals surface area contributed by atoms with Crippen molar-refractivity contribution in [1.29, 1.82) is 0 Å². The van der Waals surface area contributed by atoms with Gasteiger partial charge in [0.2, 0.25) is 0 Å². The highest BCUT2D eigenvalue weighted by Crippen LogP contribution is 2.32. The fourth-order valence-corrected chi connectivity index (χ4v) is 2.91. The zero-order chi connectivity index (χ0) is 19.1. The van der Waals surface area contributed by atoms with E-state index in [1.165, 1.54) is 5.69 Å². The first-order chi connectivity index (χ1) is 12.5. The van der Waals surface area contributed by atoms with Gasteiger partial charge in [-0.25, -0.2) is 4.57 Å². The molecule has 0 saturated carbocycles. The van der Waals surface area contributed by atoms with Crippen molar-refractivity contribution in [2.75, 3.05) is 36.7 Å². The Labute approximate surface area is 157 Å². The van der Waals surface area contributed by atoms with E-state index in [2.05, 4.69) is 49.1 Å². The molecule has 26 heavy (non-hydrogen) atoms. The van der Waals surface area contributed by atoms with Crippen LogP contribution in [0.4, 0.5) is 11.4 Å². The van der Waals surface area contributed by atoms with E-state index in [1.807, 2.05) is 49.9 Å². The van der Waals surface area contributed by atoms with Gasteiger partial charge in [-0.2, -0.15) is 5.10 Å². The van der Waals surface area contributed by atoms with Crippen LogP contribution in [0.5, 0.6) is 5.75 Å². The largest absolute Gasteiger partial charge is 0.492 e. The van der Waals surface area contributed by atoms with Gasteiger partial charge < -0.3 is 9.64 Å². The second kappa shape index (κ2) is 9.22. The highest BCUT2D eigenvalue weighted by molar-refractivity contribution is 5.99. The minimum atomic E-state index is 0.625. The Kier molecular flexibility index (Phi) is 7.01. The van der Waals surface area contributed by atoms with Gasteiger partial charge in [-0.1, -0.05) is 0 Å². The Morgan fingerprint density at radius 1 is 1.08 bits per heavy atom. The zero-order valence-corrected chi connectivity index (χ0v) is 16.9. The quantitative estimate of drug-likeness (QED) is 0.412. The van der Waals surface area contributed by atoms with E-state index in [-0.39, 0.29) is 0 Å². The minimum absolute atomic E-state index is 0.625. The van der Waals surface area contributed by atoms with Crippen molar-refractivity contribution in [3.8, 4) is 5.75 Å². The first kappa shape index (κ1) is 19.8. The van der Waals surface area contributed by atoms with Crippen LogP contribution >= 0.6 is 0 Å². The van der Waals surface area contributed by atoms with Gasteiger partial charge >= 0.3 is 0 Å². The molecule has 2 rings (SSSR count). The molecule has 0 unspecified atom stereocenters. The number of rotatable bonds is 8. The molecule has 0 fully saturated rings. The SMILES string of the molecule is CCOc1cc(N(CC)CC)ccc1N(C)N=C(C)c1cc[n+](C)cc1. The zero-order valence-electron chi connectivity index (χ0n) is 16.9. The van der Waals surface area contributed by atoms with E-state index in [9.17, 15) is 0 Å². The topological polar surface area (TPSA) is 31.9 Å². The van der Waals surface area contributed by atoms with Crippen LogP contribution in [0.25, 0.3) is 0 Å². The molecule has 0 N–H and O–H groups in total. The summed E-state index contributed by atoms with van der Waals surface area (Å²) >= 11 is 0. The molecule has 1 heterocycles. The van der Waals surface area contributed by atoms with Crippen molar-refractivity contribution in [2.45, 2.75) is 27.7 Å². The summed E-state index contributed by atoms with van der Waals surface area (Å²) in [4.78, 5) is 2.31. The molecule has 1 aromatic heterocycles. The third-order valence-electron chi connectivity index (χ3n) is 4.42. The fraction of sp³-hybridized carbons (Fsp3) is 0.429. The first-order valence-corrected chi connectivity index (χ1v) is 9.26. The molecule has 5 heteroatoms. The van der Waals surface area contributed by atoms with Gasteiger partial charge in [-0.3, -0.25) is 5.01 Å². The van der Waals surface area contributed by atoms with Crippen LogP contribution in [-0.4, -0.2) is 32.5 Å². The smallest absolute Gasteiger partial charge is 0.169 e. The monoisotopic (exact) mass is 355 g/mol. The van der Waals surface area contributed by atoms with Crippen molar-refractivity contribution in [2.24, 2.45) is 12.1 Å². The summed E-state index contributed by atoms with van der Waals surface area (Å²) in [6.45, 7) is 10.9. The second-order valence-corrected chi connectivity index (χ2v) is 6.22. The van der Waals surface area contributed by atoms with Crippen LogP contribution in [0.1, 0.15) is 33.3 Å². The molecule has 0 saturated heterocycles. The highest BCUT2D eigenvalue weighted by Gasteiger charge is 2.12. The van der Waals surface area contributed by atoms with Crippen molar-refractivity contribution in [3.63, 3.8) is 0 Å². The third-order valence-corrected chi connectivity index (χ3v) is 4.42. The molecule has 0 atom stereocenters. The number of hydrazone groups is 1. The normalized spacial score (nSPS) is 11.4. The summed E-state index contributed by atoms with van der Waals surface area (Å²) in [6.07, 6.45) is 4.05. The standard InChI is InChI=1S/C21H31N4O/c1-7-25(8-2)19-10-11-20(21(16-19)26-9-3)24(6)22-17(4)18-12-14-23(5)15-13-18/h10-16H,7-9H2,1-6H3/q+1. The van der Waals surface area contributed by atoms with E-state index in [4.69, 9.17) is 9.84 Å². The number of ether oxygens (including phenoxy) is 1. The average Bonchev–Trinajstić information content (AvgIpc) is 2.63. The van der Waals surface area contributed by atoms with E-state index in [1.54, 1.807) is 0 Å². The Morgan fingerprint density at radius 3 is 2.31 bits per heavy atom. The van der Waals surface area contributed by atoms with E-state index in [0.29, 0.717) is 6.61 Å². The van der Waals surface area contributed by atoms with Crippen molar-refractivity contribution < 1.29 is 9.30 Å². The highest BCUT2D eigenvalue weighted by atomic mass is 16.5. The first-order valence-electron chi connectivity index (χ1n) is 9.26. The van der Waals surface area contributed by atoms with Crippen LogP contribution in [0.2, 0.25) is 0 Å². The molecule has 0 aliphatic rings. The minimum Gasteiger partial charge on any atom is -0.492 e. The second-order valence-electron chi connectivity index (χ2n) is 6.22. The van der Waals surface area contributed by atoms with Gasteiger partial charge in [0.25, 0.3) is 0 Å². The summed E-state index contributed by atoms with van der Waals surface area (Å²) < 4.78 is 7.91. The summed E-state index contributed by atoms with van der Waals surface area (Å²) in [5.74, 6) is 0.857. The average molecular weight is 356 g/mol. The number of hydrogen-bond donors (Lipinski definition) is 0. The lowest BCUT2D eigenvalue weighted by Gasteiger charge is -2.24. The van der Waals surface area contributed by atoms with Gasteiger partial charge in [-0.05, 0) is 39.8 Å². The Morgan fingerprint density at radius 2 is 1.73 bits per heavy atom. The lowest BCUT2D eigenvalue weighted by atomic mass is 10.2. The van der Waals surface area contributed by atoms with Crippen molar-refractivity contribution >= 4 is 17.1 Å². The molecule has 5 nitrogen and oxygen atoms in total.